The Morgan fingerprint density at radius 2 is 2.60 bits per heavy atom. The van der Waals surface area contributed by atoms with Crippen LogP contribution >= 0.6 is 0 Å². The summed E-state index contributed by atoms with van der Waals surface area (Å²) in [5, 5.41) is 0. The summed E-state index contributed by atoms with van der Waals surface area (Å²) in [4.78, 5) is 10.6. The third kappa shape index (κ3) is 1.26. The minimum Gasteiger partial charge on any atom is -0.452 e. The molecule has 0 amide bonds. The number of carbonyl (C=O) groups excluding carboxylic acids is 1. The van der Waals surface area contributed by atoms with Crippen LogP contribution in [0.5, 0.6) is 0 Å². The molecule has 0 unspecified atom stereocenters. The van der Waals surface area contributed by atoms with Crippen molar-refractivity contribution in [2.24, 2.45) is 0 Å². The molecule has 1 atom stereocenters. The number of cyclic esters (lactones) is 1. The lowest BCUT2D eigenvalue weighted by Gasteiger charge is -2.18. The normalized spacial score (nSPS) is 30.3. The van der Waals surface area contributed by atoms with E-state index in [0.717, 1.165) is 0 Å². The fourth-order valence-corrected chi connectivity index (χ4v) is 0.938. The van der Waals surface area contributed by atoms with Gasteiger partial charge in [0.25, 0.3) is 0 Å². The molecule has 0 saturated carbocycles. The molecule has 10 heavy (non-hydrogen) atoms. The SMILES string of the molecule is C=CC[C@@]1(C)C=CC(=O)O1. The number of hydrogen-bond acceptors (Lipinski definition) is 2. The first kappa shape index (κ1) is 7.06. The quantitative estimate of drug-likeness (QED) is 0.426. The van der Waals surface area contributed by atoms with E-state index in [-0.39, 0.29) is 5.97 Å². The van der Waals surface area contributed by atoms with E-state index in [1.807, 2.05) is 6.92 Å². The lowest BCUT2D eigenvalue weighted by atomic mass is 10.0. The van der Waals surface area contributed by atoms with Gasteiger partial charge in [-0.05, 0) is 13.0 Å². The number of rotatable bonds is 2. The molecule has 2 nitrogen and oxygen atoms in total. The predicted octanol–water partition coefficient (Wildman–Crippen LogP) is 1.43. The van der Waals surface area contributed by atoms with Crippen molar-refractivity contribution in [3.8, 4) is 0 Å². The van der Waals surface area contributed by atoms with Gasteiger partial charge in [-0.1, -0.05) is 6.08 Å². The lowest BCUT2D eigenvalue weighted by molar-refractivity contribution is -0.144. The van der Waals surface area contributed by atoms with Crippen molar-refractivity contribution in [2.75, 3.05) is 0 Å². The van der Waals surface area contributed by atoms with Gasteiger partial charge in [-0.25, -0.2) is 4.79 Å². The summed E-state index contributed by atoms with van der Waals surface area (Å²) in [5.74, 6) is -0.260. The summed E-state index contributed by atoms with van der Waals surface area (Å²) in [5.41, 5.74) is -0.432. The van der Waals surface area contributed by atoms with Crippen LogP contribution in [-0.2, 0) is 9.53 Å². The standard InChI is InChI=1S/C8H10O2/c1-3-5-8(2)6-4-7(9)10-8/h3-4,6H,1,5H2,2H3/t8-/m0/s1. The molecular weight excluding hydrogens is 128 g/mol. The van der Waals surface area contributed by atoms with Crippen molar-refractivity contribution >= 4 is 5.97 Å². The zero-order valence-electron chi connectivity index (χ0n) is 5.96. The number of ether oxygens (including phenoxy) is 1. The molecule has 0 aromatic carbocycles. The van der Waals surface area contributed by atoms with Crippen LogP contribution in [0.1, 0.15) is 13.3 Å². The first-order valence-corrected chi connectivity index (χ1v) is 3.19. The van der Waals surface area contributed by atoms with Crippen LogP contribution in [0, 0.1) is 0 Å². The highest BCUT2D eigenvalue weighted by Gasteiger charge is 2.28. The topological polar surface area (TPSA) is 26.3 Å². The van der Waals surface area contributed by atoms with E-state index in [2.05, 4.69) is 6.58 Å². The highest BCUT2D eigenvalue weighted by Crippen LogP contribution is 2.22. The van der Waals surface area contributed by atoms with Crippen LogP contribution in [0.3, 0.4) is 0 Å². The van der Waals surface area contributed by atoms with E-state index in [4.69, 9.17) is 4.74 Å². The van der Waals surface area contributed by atoms with Gasteiger partial charge in [0.15, 0.2) is 0 Å². The molecule has 0 bridgehead atoms. The second kappa shape index (κ2) is 2.29. The number of carbonyl (C=O) groups is 1. The minimum absolute atomic E-state index is 0.260. The Bertz CT molecular complexity index is 193. The fourth-order valence-electron chi connectivity index (χ4n) is 0.938. The molecule has 0 aromatic heterocycles. The van der Waals surface area contributed by atoms with Crippen LogP contribution in [0.25, 0.3) is 0 Å². The minimum atomic E-state index is -0.432. The van der Waals surface area contributed by atoms with Gasteiger partial charge in [0.1, 0.15) is 5.60 Å². The van der Waals surface area contributed by atoms with Gasteiger partial charge < -0.3 is 4.74 Å². The first-order valence-electron chi connectivity index (χ1n) is 3.19. The molecule has 0 spiro atoms. The Kier molecular flexibility index (Phi) is 1.62. The molecule has 0 radical (unpaired) electrons. The van der Waals surface area contributed by atoms with Crippen molar-refractivity contribution in [3.63, 3.8) is 0 Å². The average molecular weight is 138 g/mol. The van der Waals surface area contributed by atoms with Gasteiger partial charge in [0.2, 0.25) is 0 Å². The van der Waals surface area contributed by atoms with Gasteiger partial charge >= 0.3 is 5.97 Å². The average Bonchev–Trinajstić information content (AvgIpc) is 2.12. The maximum Gasteiger partial charge on any atom is 0.331 e. The summed E-state index contributed by atoms with van der Waals surface area (Å²) in [7, 11) is 0. The maximum absolute atomic E-state index is 10.6. The maximum atomic E-state index is 10.6. The van der Waals surface area contributed by atoms with E-state index >= 15 is 0 Å². The van der Waals surface area contributed by atoms with E-state index < -0.39 is 5.60 Å². The van der Waals surface area contributed by atoms with Gasteiger partial charge in [0, 0.05) is 12.5 Å². The molecule has 54 valence electrons. The summed E-state index contributed by atoms with van der Waals surface area (Å²) < 4.78 is 4.97. The van der Waals surface area contributed by atoms with Gasteiger partial charge in [-0.15, -0.1) is 6.58 Å². The molecule has 0 aliphatic carbocycles. The molecule has 0 N–H and O–H groups in total. The second-order valence-electron chi connectivity index (χ2n) is 2.56. The predicted molar refractivity (Wildman–Crippen MR) is 38.5 cm³/mol. The monoisotopic (exact) mass is 138 g/mol. The number of esters is 1. The zero-order chi connectivity index (χ0) is 7.61. The van der Waals surface area contributed by atoms with Gasteiger partial charge in [-0.2, -0.15) is 0 Å². The summed E-state index contributed by atoms with van der Waals surface area (Å²) >= 11 is 0. The van der Waals surface area contributed by atoms with Crippen molar-refractivity contribution in [3.05, 3.63) is 24.8 Å². The van der Waals surface area contributed by atoms with Crippen LogP contribution in [0.15, 0.2) is 24.8 Å². The van der Waals surface area contributed by atoms with Crippen molar-refractivity contribution in [1.82, 2.24) is 0 Å². The smallest absolute Gasteiger partial charge is 0.331 e. The lowest BCUT2D eigenvalue weighted by Crippen LogP contribution is -2.22. The Balaban J connectivity index is 2.64. The number of hydrogen-bond donors (Lipinski definition) is 0. The first-order chi connectivity index (χ1) is 4.66. The molecule has 0 saturated heterocycles. The van der Waals surface area contributed by atoms with Gasteiger partial charge in [-0.3, -0.25) is 0 Å². The second-order valence-corrected chi connectivity index (χ2v) is 2.56. The Morgan fingerprint density at radius 1 is 1.90 bits per heavy atom. The Morgan fingerprint density at radius 3 is 3.00 bits per heavy atom. The van der Waals surface area contributed by atoms with Crippen molar-refractivity contribution in [2.45, 2.75) is 18.9 Å². The molecule has 1 rings (SSSR count). The summed E-state index contributed by atoms with van der Waals surface area (Å²) in [6, 6.07) is 0. The van der Waals surface area contributed by atoms with Crippen molar-refractivity contribution in [1.29, 1.82) is 0 Å². The molecular formula is C8H10O2. The zero-order valence-corrected chi connectivity index (χ0v) is 5.96. The van der Waals surface area contributed by atoms with E-state index in [0.29, 0.717) is 6.42 Å². The highest BCUT2D eigenvalue weighted by atomic mass is 16.6. The van der Waals surface area contributed by atoms with Crippen molar-refractivity contribution < 1.29 is 9.53 Å². The van der Waals surface area contributed by atoms with Gasteiger partial charge in [0.05, 0.1) is 0 Å². The van der Waals surface area contributed by atoms with E-state index in [1.165, 1.54) is 6.08 Å². The Hall–Kier alpha value is -1.05. The van der Waals surface area contributed by atoms with Crippen LogP contribution in [0.4, 0.5) is 0 Å². The molecule has 2 heteroatoms. The summed E-state index contributed by atoms with van der Waals surface area (Å²) in [6.45, 7) is 5.43. The largest absolute Gasteiger partial charge is 0.452 e. The van der Waals surface area contributed by atoms with Crippen LogP contribution < -0.4 is 0 Å². The highest BCUT2D eigenvalue weighted by molar-refractivity contribution is 5.85. The molecule has 1 heterocycles. The van der Waals surface area contributed by atoms with E-state index in [1.54, 1.807) is 12.2 Å². The van der Waals surface area contributed by atoms with E-state index in [9.17, 15) is 4.79 Å². The van der Waals surface area contributed by atoms with Crippen LogP contribution in [0.2, 0.25) is 0 Å². The third-order valence-electron chi connectivity index (χ3n) is 1.46. The summed E-state index contributed by atoms with van der Waals surface area (Å²) in [6.07, 6.45) is 5.62. The molecule has 0 aromatic rings. The fraction of sp³-hybridized carbons (Fsp3) is 0.375. The Labute approximate surface area is 60.2 Å². The molecule has 1 aliphatic rings. The molecule has 1 aliphatic heterocycles. The third-order valence-corrected chi connectivity index (χ3v) is 1.46. The van der Waals surface area contributed by atoms with Crippen LogP contribution in [-0.4, -0.2) is 11.6 Å². The molecule has 0 fully saturated rings.